The van der Waals surface area contributed by atoms with Crippen LogP contribution in [0.25, 0.3) is 0 Å². The fourth-order valence-electron chi connectivity index (χ4n) is 5.17. The van der Waals surface area contributed by atoms with Crippen molar-refractivity contribution in [1.82, 2.24) is 9.80 Å². The molecule has 6 nitrogen and oxygen atoms in total. The molecule has 2 heterocycles. The topological polar surface area (TPSA) is 55.9 Å². The van der Waals surface area contributed by atoms with Crippen molar-refractivity contribution in [3.8, 4) is 0 Å². The predicted molar refractivity (Wildman–Crippen MR) is 139 cm³/mol. The Balaban J connectivity index is 0.00000320. The first-order valence-corrected chi connectivity index (χ1v) is 12.5. The van der Waals surface area contributed by atoms with Crippen molar-refractivity contribution in [3.63, 3.8) is 0 Å². The lowest BCUT2D eigenvalue weighted by Crippen LogP contribution is -2.49. The third-order valence-electron chi connectivity index (χ3n) is 7.46. The van der Waals surface area contributed by atoms with E-state index in [4.69, 9.17) is 0 Å². The van der Waals surface area contributed by atoms with Gasteiger partial charge >= 0.3 is 6.18 Å². The van der Waals surface area contributed by atoms with Crippen molar-refractivity contribution in [3.05, 3.63) is 59.7 Å². The molecule has 3 fully saturated rings. The van der Waals surface area contributed by atoms with Crippen LogP contribution >= 0.6 is 12.4 Å². The van der Waals surface area contributed by atoms with Crippen LogP contribution in [0.2, 0.25) is 0 Å². The number of rotatable bonds is 5. The minimum absolute atomic E-state index is 0. The maximum absolute atomic E-state index is 14.0. The summed E-state index contributed by atoms with van der Waals surface area (Å²) in [4.78, 5) is 31.9. The van der Waals surface area contributed by atoms with Gasteiger partial charge in [0.05, 0.1) is 23.2 Å². The Morgan fingerprint density at radius 2 is 1.68 bits per heavy atom. The lowest BCUT2D eigenvalue weighted by molar-refractivity contribution is -0.168. The molecular formula is C27H32ClF3N4O2. The van der Waals surface area contributed by atoms with Gasteiger partial charge in [0, 0.05) is 44.3 Å². The van der Waals surface area contributed by atoms with E-state index in [0.717, 1.165) is 18.4 Å². The molecule has 2 saturated heterocycles. The SMILES string of the molecule is CN1CCN(C(=O)c2ccc(NC(=O)C3CC3)cc2N2CC[C@@H](C(F)(F)F)C2)[C@H](c2ccccc2)C1.Cl. The van der Waals surface area contributed by atoms with E-state index < -0.39 is 12.1 Å². The number of alkyl halides is 3. The molecule has 10 heteroatoms. The number of carbonyl (C=O) groups is 2. The van der Waals surface area contributed by atoms with E-state index in [1.807, 2.05) is 42.3 Å². The number of anilines is 2. The average Bonchev–Trinajstić information content (AvgIpc) is 3.59. The van der Waals surface area contributed by atoms with Crippen LogP contribution in [-0.4, -0.2) is 67.6 Å². The Labute approximate surface area is 221 Å². The van der Waals surface area contributed by atoms with Crippen LogP contribution in [0, 0.1) is 11.8 Å². The second-order valence-corrected chi connectivity index (χ2v) is 10.2. The van der Waals surface area contributed by atoms with Crippen molar-refractivity contribution < 1.29 is 22.8 Å². The zero-order chi connectivity index (χ0) is 25.4. The van der Waals surface area contributed by atoms with Crippen LogP contribution in [0.3, 0.4) is 0 Å². The Morgan fingerprint density at radius 3 is 2.32 bits per heavy atom. The molecule has 37 heavy (non-hydrogen) atoms. The minimum Gasteiger partial charge on any atom is -0.370 e. The summed E-state index contributed by atoms with van der Waals surface area (Å²) in [6.45, 7) is 1.89. The molecule has 2 aromatic carbocycles. The number of amides is 2. The van der Waals surface area contributed by atoms with Crippen LogP contribution in [-0.2, 0) is 4.79 Å². The number of carbonyl (C=O) groups excluding carboxylic acids is 2. The molecule has 2 aromatic rings. The van der Waals surface area contributed by atoms with E-state index in [9.17, 15) is 22.8 Å². The van der Waals surface area contributed by atoms with Gasteiger partial charge in [0.15, 0.2) is 0 Å². The number of nitrogens with one attached hydrogen (secondary N) is 1. The second kappa shape index (κ2) is 10.9. The zero-order valence-electron chi connectivity index (χ0n) is 20.7. The molecule has 1 saturated carbocycles. The molecule has 0 aromatic heterocycles. The number of hydrogen-bond acceptors (Lipinski definition) is 4. The quantitative estimate of drug-likeness (QED) is 0.586. The second-order valence-electron chi connectivity index (χ2n) is 10.2. The number of hydrogen-bond donors (Lipinski definition) is 1. The fourth-order valence-corrected chi connectivity index (χ4v) is 5.17. The number of likely N-dealkylation sites (N-methyl/N-ethyl adjacent to an activating group) is 1. The minimum atomic E-state index is -4.29. The largest absolute Gasteiger partial charge is 0.393 e. The van der Waals surface area contributed by atoms with Crippen molar-refractivity contribution >= 4 is 35.6 Å². The van der Waals surface area contributed by atoms with Crippen LogP contribution < -0.4 is 10.2 Å². The van der Waals surface area contributed by atoms with Gasteiger partial charge < -0.3 is 20.0 Å². The molecule has 0 spiro atoms. The summed E-state index contributed by atoms with van der Waals surface area (Å²) < 4.78 is 40.4. The fraction of sp³-hybridized carbons (Fsp3) is 0.481. The summed E-state index contributed by atoms with van der Waals surface area (Å²) >= 11 is 0. The van der Waals surface area contributed by atoms with Gasteiger partial charge in [-0.1, -0.05) is 30.3 Å². The highest BCUT2D eigenvalue weighted by atomic mass is 35.5. The van der Waals surface area contributed by atoms with Gasteiger partial charge in [-0.05, 0) is 50.1 Å². The van der Waals surface area contributed by atoms with E-state index in [1.54, 1.807) is 23.1 Å². The van der Waals surface area contributed by atoms with E-state index in [2.05, 4.69) is 10.2 Å². The zero-order valence-corrected chi connectivity index (χ0v) is 21.5. The van der Waals surface area contributed by atoms with Crippen molar-refractivity contribution in [1.29, 1.82) is 0 Å². The van der Waals surface area contributed by atoms with Crippen molar-refractivity contribution in [2.75, 3.05) is 50.0 Å². The smallest absolute Gasteiger partial charge is 0.370 e. The van der Waals surface area contributed by atoms with Crippen molar-refractivity contribution in [2.45, 2.75) is 31.5 Å². The number of nitrogens with zero attached hydrogens (tertiary/aromatic N) is 3. The van der Waals surface area contributed by atoms with E-state index in [0.29, 0.717) is 36.6 Å². The molecule has 3 aliphatic rings. The van der Waals surface area contributed by atoms with E-state index in [-0.39, 0.29) is 55.7 Å². The van der Waals surface area contributed by atoms with Gasteiger partial charge in [0.25, 0.3) is 5.91 Å². The first-order chi connectivity index (χ1) is 17.2. The molecule has 2 atom stereocenters. The van der Waals surface area contributed by atoms with E-state index in [1.165, 1.54) is 0 Å². The van der Waals surface area contributed by atoms with Crippen LogP contribution in [0.15, 0.2) is 48.5 Å². The lowest BCUT2D eigenvalue weighted by atomic mass is 10.0. The number of piperazine rings is 1. The van der Waals surface area contributed by atoms with Gasteiger partial charge in [-0.3, -0.25) is 9.59 Å². The summed E-state index contributed by atoms with van der Waals surface area (Å²) in [5, 5.41) is 2.88. The summed E-state index contributed by atoms with van der Waals surface area (Å²) in [5.74, 6) is -1.74. The Kier molecular flexibility index (Phi) is 8.04. The van der Waals surface area contributed by atoms with Crippen LogP contribution in [0.5, 0.6) is 0 Å². The first-order valence-electron chi connectivity index (χ1n) is 12.5. The number of halogens is 4. The molecule has 0 unspecified atom stereocenters. The molecule has 0 bridgehead atoms. The normalized spacial score (nSPS) is 22.5. The monoisotopic (exact) mass is 536 g/mol. The Morgan fingerprint density at radius 1 is 0.946 bits per heavy atom. The highest BCUT2D eigenvalue weighted by Gasteiger charge is 2.44. The van der Waals surface area contributed by atoms with Crippen LogP contribution in [0.1, 0.15) is 41.2 Å². The lowest BCUT2D eigenvalue weighted by Gasteiger charge is -2.41. The highest BCUT2D eigenvalue weighted by molar-refractivity contribution is 6.02. The molecular weight excluding hydrogens is 505 g/mol. The predicted octanol–water partition coefficient (Wildman–Crippen LogP) is 4.97. The van der Waals surface area contributed by atoms with Gasteiger partial charge in [0.2, 0.25) is 5.91 Å². The third-order valence-corrected chi connectivity index (χ3v) is 7.46. The van der Waals surface area contributed by atoms with Gasteiger partial charge in [-0.15, -0.1) is 12.4 Å². The first kappa shape index (κ1) is 27.3. The summed E-state index contributed by atoms with van der Waals surface area (Å²) in [6, 6.07) is 14.6. The molecule has 0 radical (unpaired) electrons. The maximum atomic E-state index is 14.0. The molecule has 5 rings (SSSR count). The van der Waals surface area contributed by atoms with E-state index >= 15 is 0 Å². The Hall–Kier alpha value is -2.78. The molecule has 200 valence electrons. The van der Waals surface area contributed by atoms with Crippen molar-refractivity contribution in [2.24, 2.45) is 11.8 Å². The molecule has 2 amide bonds. The standard InChI is InChI=1S/C27H31F3N4O2.ClH/c1-32-13-14-34(24(17-32)18-5-3-2-4-6-18)26(36)22-10-9-21(31-25(35)19-7-8-19)15-23(22)33-12-11-20(16-33)27(28,29)30;/h2-6,9-10,15,19-20,24H,7-8,11-14,16-17H2,1H3,(H,31,35);1H/t20-,24+;/m1./s1. The van der Waals surface area contributed by atoms with Gasteiger partial charge in [-0.2, -0.15) is 13.2 Å². The average molecular weight is 537 g/mol. The highest BCUT2D eigenvalue weighted by Crippen LogP contribution is 2.39. The molecule has 1 aliphatic carbocycles. The van der Waals surface area contributed by atoms with Gasteiger partial charge in [-0.25, -0.2) is 0 Å². The molecule has 1 N–H and O–H groups in total. The van der Waals surface area contributed by atoms with Crippen LogP contribution in [0.4, 0.5) is 24.5 Å². The Bertz CT molecular complexity index is 1130. The molecule has 2 aliphatic heterocycles. The number of benzene rings is 2. The van der Waals surface area contributed by atoms with Gasteiger partial charge in [0.1, 0.15) is 0 Å². The summed E-state index contributed by atoms with van der Waals surface area (Å²) in [7, 11) is 2.02. The summed E-state index contributed by atoms with van der Waals surface area (Å²) in [5.41, 5.74) is 2.34. The maximum Gasteiger partial charge on any atom is 0.393 e. The summed E-state index contributed by atoms with van der Waals surface area (Å²) in [6.07, 6.45) is -2.61. The third kappa shape index (κ3) is 6.04.